The van der Waals surface area contributed by atoms with Gasteiger partial charge in [-0.3, -0.25) is 9.59 Å². The van der Waals surface area contributed by atoms with Crippen LogP contribution in [0.3, 0.4) is 0 Å². The van der Waals surface area contributed by atoms with Gasteiger partial charge in [-0.05, 0) is 30.2 Å². The summed E-state index contributed by atoms with van der Waals surface area (Å²) < 4.78 is 28.9. The van der Waals surface area contributed by atoms with E-state index in [9.17, 15) is 18.0 Å². The van der Waals surface area contributed by atoms with Crippen LogP contribution in [0.2, 0.25) is 0 Å². The number of ether oxygens (including phenoxy) is 1. The fraction of sp³-hybridized carbons (Fsp3) is 0.368. The minimum Gasteiger partial charge on any atom is -0.483 e. The van der Waals surface area contributed by atoms with Crippen molar-refractivity contribution in [1.82, 2.24) is 4.90 Å². The second-order valence-electron chi connectivity index (χ2n) is 6.34. The normalized spacial score (nSPS) is 18.6. The van der Waals surface area contributed by atoms with Crippen molar-refractivity contribution in [2.75, 3.05) is 24.7 Å². The molecule has 0 bridgehead atoms. The largest absolute Gasteiger partial charge is 0.483 e. The van der Waals surface area contributed by atoms with Crippen LogP contribution < -0.4 is 4.74 Å². The van der Waals surface area contributed by atoms with Crippen molar-refractivity contribution in [1.29, 1.82) is 0 Å². The van der Waals surface area contributed by atoms with Gasteiger partial charge in [-0.2, -0.15) is 0 Å². The Morgan fingerprint density at radius 2 is 2.04 bits per heavy atom. The number of rotatable bonds is 6. The molecule has 2 aromatic rings. The molecule has 1 aliphatic rings. The van der Waals surface area contributed by atoms with Gasteiger partial charge in [-0.15, -0.1) is 0 Å². The summed E-state index contributed by atoms with van der Waals surface area (Å²) in [5.41, 5.74) is 0.405. The van der Waals surface area contributed by atoms with Gasteiger partial charge in [0.1, 0.15) is 5.75 Å². The first-order valence-corrected chi connectivity index (χ1v) is 10.4. The fourth-order valence-corrected chi connectivity index (χ4v) is 5.14. The molecule has 1 saturated heterocycles. The minimum absolute atomic E-state index is 0.00213. The van der Waals surface area contributed by atoms with Gasteiger partial charge in [0.05, 0.1) is 17.1 Å². The van der Waals surface area contributed by atoms with Gasteiger partial charge in [-0.1, -0.05) is 30.3 Å². The van der Waals surface area contributed by atoms with E-state index in [0.717, 1.165) is 17.1 Å². The Kier molecular flexibility index (Phi) is 5.27. The van der Waals surface area contributed by atoms with Crippen molar-refractivity contribution in [3.8, 4) is 5.75 Å². The second kappa shape index (κ2) is 7.45. The number of benzene rings is 2. The first-order valence-electron chi connectivity index (χ1n) is 8.55. The number of aldehydes is 1. The van der Waals surface area contributed by atoms with Crippen LogP contribution in [0.25, 0.3) is 10.8 Å². The van der Waals surface area contributed by atoms with Crippen LogP contribution >= 0.6 is 0 Å². The molecule has 0 saturated carbocycles. The fourth-order valence-electron chi connectivity index (χ4n) is 3.40. The van der Waals surface area contributed by atoms with E-state index in [4.69, 9.17) is 4.74 Å². The highest BCUT2D eigenvalue weighted by molar-refractivity contribution is 7.91. The maximum atomic E-state index is 12.5. The molecule has 3 rings (SSSR count). The lowest BCUT2D eigenvalue weighted by atomic mass is 10.0. The van der Waals surface area contributed by atoms with E-state index >= 15 is 0 Å². The summed E-state index contributed by atoms with van der Waals surface area (Å²) in [6.45, 7) is 2.00. The van der Waals surface area contributed by atoms with Crippen LogP contribution in [0.4, 0.5) is 0 Å². The molecule has 26 heavy (non-hydrogen) atoms. The summed E-state index contributed by atoms with van der Waals surface area (Å²) in [5.74, 6) is 0.187. The van der Waals surface area contributed by atoms with Crippen molar-refractivity contribution in [2.45, 2.75) is 19.4 Å². The van der Waals surface area contributed by atoms with Gasteiger partial charge in [0.15, 0.2) is 22.7 Å². The topological polar surface area (TPSA) is 80.8 Å². The lowest BCUT2D eigenvalue weighted by molar-refractivity contribution is -0.135. The molecule has 0 aromatic heterocycles. The number of fused-ring (bicyclic) bond motifs is 1. The van der Waals surface area contributed by atoms with Crippen molar-refractivity contribution in [2.24, 2.45) is 0 Å². The predicted octanol–water partition coefficient (Wildman–Crippen LogP) is 2.07. The Bertz CT molecular complexity index is 938. The summed E-state index contributed by atoms with van der Waals surface area (Å²) >= 11 is 0. The maximum Gasteiger partial charge on any atom is 0.260 e. The number of carbonyl (C=O) groups excluding carboxylic acids is 2. The standard InChI is InChI=1S/C19H21NO5S/c1-2-20(15-9-10-26(23,24)13-15)19(22)12-25-18-8-7-14-5-3-4-6-16(14)17(18)11-21/h3-8,11,15H,2,9-10,12-13H2,1H3/t15-/m1/s1. The molecule has 1 atom stereocenters. The molecule has 0 spiro atoms. The summed E-state index contributed by atoms with van der Waals surface area (Å²) in [7, 11) is -3.07. The van der Waals surface area contributed by atoms with Gasteiger partial charge in [0.25, 0.3) is 5.91 Å². The number of nitrogens with zero attached hydrogens (tertiary/aromatic N) is 1. The predicted molar refractivity (Wildman–Crippen MR) is 99.3 cm³/mol. The summed E-state index contributed by atoms with van der Waals surface area (Å²) in [4.78, 5) is 25.6. The molecule has 0 aliphatic carbocycles. The summed E-state index contributed by atoms with van der Waals surface area (Å²) in [6, 6.07) is 10.7. The van der Waals surface area contributed by atoms with Crippen LogP contribution in [-0.2, 0) is 14.6 Å². The van der Waals surface area contributed by atoms with Gasteiger partial charge < -0.3 is 9.64 Å². The van der Waals surface area contributed by atoms with Crippen LogP contribution in [0.1, 0.15) is 23.7 Å². The number of likely N-dealkylation sites (N-methyl/N-ethyl adjacent to an activating group) is 1. The lowest BCUT2D eigenvalue weighted by Crippen LogP contribution is -2.43. The summed E-state index contributed by atoms with van der Waals surface area (Å²) in [5, 5.41) is 1.68. The Hall–Kier alpha value is -2.41. The molecule has 2 aromatic carbocycles. The van der Waals surface area contributed by atoms with Gasteiger partial charge in [-0.25, -0.2) is 8.42 Å². The molecule has 1 fully saturated rings. The van der Waals surface area contributed by atoms with Crippen molar-refractivity contribution < 1.29 is 22.7 Å². The van der Waals surface area contributed by atoms with Crippen molar-refractivity contribution >= 4 is 32.8 Å². The van der Waals surface area contributed by atoms with Crippen LogP contribution in [0, 0.1) is 0 Å². The molecular formula is C19H21NO5S. The molecule has 1 aliphatic heterocycles. The van der Waals surface area contributed by atoms with E-state index in [1.54, 1.807) is 11.0 Å². The smallest absolute Gasteiger partial charge is 0.260 e. The lowest BCUT2D eigenvalue weighted by Gasteiger charge is -2.27. The van der Waals surface area contributed by atoms with Crippen LogP contribution in [0.15, 0.2) is 36.4 Å². The monoisotopic (exact) mass is 375 g/mol. The molecular weight excluding hydrogens is 354 g/mol. The van der Waals surface area contributed by atoms with E-state index in [-0.39, 0.29) is 30.1 Å². The molecule has 1 heterocycles. The van der Waals surface area contributed by atoms with Gasteiger partial charge in [0, 0.05) is 12.6 Å². The first kappa shape index (κ1) is 18.4. The zero-order chi connectivity index (χ0) is 18.7. The Morgan fingerprint density at radius 1 is 1.27 bits per heavy atom. The van der Waals surface area contributed by atoms with Gasteiger partial charge in [0.2, 0.25) is 0 Å². The molecule has 0 unspecified atom stereocenters. The Morgan fingerprint density at radius 3 is 2.69 bits per heavy atom. The number of amides is 1. The molecule has 0 radical (unpaired) electrons. The van der Waals surface area contributed by atoms with Gasteiger partial charge >= 0.3 is 0 Å². The first-order chi connectivity index (χ1) is 12.4. The molecule has 7 heteroatoms. The zero-order valence-electron chi connectivity index (χ0n) is 14.6. The minimum atomic E-state index is -3.07. The quantitative estimate of drug-likeness (QED) is 0.722. The zero-order valence-corrected chi connectivity index (χ0v) is 15.4. The molecule has 6 nitrogen and oxygen atoms in total. The van der Waals surface area contributed by atoms with E-state index in [1.165, 1.54) is 0 Å². The average Bonchev–Trinajstić information content (AvgIpc) is 2.99. The Labute approximate surface area is 152 Å². The highest BCUT2D eigenvalue weighted by atomic mass is 32.2. The average molecular weight is 375 g/mol. The third kappa shape index (κ3) is 3.72. The van der Waals surface area contributed by atoms with E-state index in [0.29, 0.717) is 24.3 Å². The number of carbonyl (C=O) groups is 2. The molecule has 138 valence electrons. The molecule has 0 N–H and O–H groups in total. The third-order valence-electron chi connectivity index (χ3n) is 4.71. The number of hydrogen-bond acceptors (Lipinski definition) is 5. The summed E-state index contributed by atoms with van der Waals surface area (Å²) in [6.07, 6.45) is 1.18. The highest BCUT2D eigenvalue weighted by Crippen LogP contribution is 2.27. The van der Waals surface area contributed by atoms with Crippen LogP contribution in [-0.4, -0.2) is 56.2 Å². The maximum absolute atomic E-state index is 12.5. The SMILES string of the molecule is CCN(C(=O)COc1ccc2ccccc2c1C=O)[C@@H]1CCS(=O)(=O)C1. The van der Waals surface area contributed by atoms with E-state index in [2.05, 4.69) is 0 Å². The third-order valence-corrected chi connectivity index (χ3v) is 6.46. The van der Waals surface area contributed by atoms with Crippen molar-refractivity contribution in [3.63, 3.8) is 0 Å². The van der Waals surface area contributed by atoms with Crippen LogP contribution in [0.5, 0.6) is 5.75 Å². The molecule has 1 amide bonds. The second-order valence-corrected chi connectivity index (χ2v) is 8.57. The number of sulfone groups is 1. The Balaban J connectivity index is 1.75. The van der Waals surface area contributed by atoms with E-state index in [1.807, 2.05) is 37.3 Å². The van der Waals surface area contributed by atoms with E-state index < -0.39 is 9.84 Å². The van der Waals surface area contributed by atoms with Crippen molar-refractivity contribution in [3.05, 3.63) is 42.0 Å². The number of hydrogen-bond donors (Lipinski definition) is 0. The highest BCUT2D eigenvalue weighted by Gasteiger charge is 2.34.